The van der Waals surface area contributed by atoms with Crippen LogP contribution in [-0.4, -0.2) is 66.7 Å². The summed E-state index contributed by atoms with van der Waals surface area (Å²) in [5, 5.41) is 3.00. The maximum Gasteiger partial charge on any atom is 0.338 e. The first-order valence-corrected chi connectivity index (χ1v) is 10.8. The third-order valence-corrected chi connectivity index (χ3v) is 5.29. The predicted octanol–water partition coefficient (Wildman–Crippen LogP) is 2.60. The third kappa shape index (κ3) is 5.84. The van der Waals surface area contributed by atoms with Gasteiger partial charge in [0.25, 0.3) is 0 Å². The van der Waals surface area contributed by atoms with Crippen molar-refractivity contribution in [2.24, 2.45) is 0 Å². The Labute approximate surface area is 197 Å². The number of amides is 1. The zero-order chi connectivity index (χ0) is 23.8. The first-order valence-electron chi connectivity index (χ1n) is 10.8. The van der Waals surface area contributed by atoms with Crippen LogP contribution >= 0.6 is 0 Å². The molecule has 3 aromatic rings. The van der Waals surface area contributed by atoms with Gasteiger partial charge in [0, 0.05) is 65.8 Å². The predicted molar refractivity (Wildman–Crippen MR) is 127 cm³/mol. The van der Waals surface area contributed by atoms with E-state index in [1.807, 2.05) is 29.2 Å². The van der Waals surface area contributed by atoms with Crippen molar-refractivity contribution in [1.82, 2.24) is 14.9 Å². The molecule has 3 heterocycles. The van der Waals surface area contributed by atoms with Crippen molar-refractivity contribution in [3.05, 3.63) is 77.9 Å². The van der Waals surface area contributed by atoms with Gasteiger partial charge in [-0.3, -0.25) is 19.7 Å². The van der Waals surface area contributed by atoms with Crippen molar-refractivity contribution < 1.29 is 19.1 Å². The molecule has 1 amide bonds. The summed E-state index contributed by atoms with van der Waals surface area (Å²) < 4.78 is 10.3. The van der Waals surface area contributed by atoms with Crippen molar-refractivity contribution in [3.8, 4) is 23.0 Å². The quantitative estimate of drug-likeness (QED) is 0.466. The minimum atomic E-state index is -0.483. The molecule has 1 aliphatic heterocycles. The van der Waals surface area contributed by atoms with Gasteiger partial charge in [0.15, 0.2) is 0 Å². The van der Waals surface area contributed by atoms with Crippen LogP contribution in [0.15, 0.2) is 61.2 Å². The number of methoxy groups -OCH3 is 1. The van der Waals surface area contributed by atoms with Crippen molar-refractivity contribution in [2.75, 3.05) is 45.3 Å². The summed E-state index contributed by atoms with van der Waals surface area (Å²) in [7, 11) is 1.33. The van der Waals surface area contributed by atoms with Gasteiger partial charge < -0.3 is 14.8 Å². The summed E-state index contributed by atoms with van der Waals surface area (Å²) in [6.45, 7) is 2.86. The van der Waals surface area contributed by atoms with E-state index in [0.717, 1.165) is 5.56 Å². The van der Waals surface area contributed by atoms with Crippen LogP contribution in [-0.2, 0) is 14.3 Å². The SMILES string of the molecule is COC(=O)c1ccncc1-c1ccc(C#Cc2cccnc2)cc1NC(=O)CN1CCOCC1. The minimum absolute atomic E-state index is 0.163. The number of nitrogens with zero attached hydrogens (tertiary/aromatic N) is 3. The number of morpholine rings is 1. The highest BCUT2D eigenvalue weighted by molar-refractivity contribution is 6.02. The molecule has 0 bridgehead atoms. The molecule has 8 heteroatoms. The molecule has 0 saturated carbocycles. The summed E-state index contributed by atoms with van der Waals surface area (Å²) in [6.07, 6.45) is 6.49. The van der Waals surface area contributed by atoms with E-state index in [1.54, 1.807) is 30.7 Å². The molecule has 1 saturated heterocycles. The lowest BCUT2D eigenvalue weighted by molar-refractivity contribution is -0.118. The Kier molecular flexibility index (Phi) is 7.60. The van der Waals surface area contributed by atoms with E-state index in [4.69, 9.17) is 9.47 Å². The van der Waals surface area contributed by atoms with E-state index in [9.17, 15) is 9.59 Å². The van der Waals surface area contributed by atoms with Gasteiger partial charge in [-0.15, -0.1) is 0 Å². The molecular weight excluding hydrogens is 432 g/mol. The second-order valence-electron chi connectivity index (χ2n) is 7.60. The molecule has 172 valence electrons. The van der Waals surface area contributed by atoms with E-state index < -0.39 is 5.97 Å². The van der Waals surface area contributed by atoms with Crippen molar-refractivity contribution in [1.29, 1.82) is 0 Å². The zero-order valence-corrected chi connectivity index (χ0v) is 18.8. The number of carbonyl (C=O) groups is 2. The number of esters is 1. The van der Waals surface area contributed by atoms with Crippen LogP contribution < -0.4 is 5.32 Å². The summed E-state index contributed by atoms with van der Waals surface area (Å²) in [5.74, 6) is 5.53. The number of anilines is 1. The Morgan fingerprint density at radius 3 is 2.59 bits per heavy atom. The molecule has 1 aliphatic rings. The highest BCUT2D eigenvalue weighted by atomic mass is 16.5. The number of carbonyl (C=O) groups excluding carboxylic acids is 2. The van der Waals surface area contributed by atoms with Gasteiger partial charge in [0.05, 0.1) is 32.4 Å². The average molecular weight is 457 g/mol. The number of aromatic nitrogens is 2. The Morgan fingerprint density at radius 2 is 1.82 bits per heavy atom. The van der Waals surface area contributed by atoms with Crippen molar-refractivity contribution >= 4 is 17.6 Å². The van der Waals surface area contributed by atoms with Crippen molar-refractivity contribution in [3.63, 3.8) is 0 Å². The molecule has 0 atom stereocenters. The summed E-state index contributed by atoms with van der Waals surface area (Å²) in [4.78, 5) is 35.5. The highest BCUT2D eigenvalue weighted by Crippen LogP contribution is 2.31. The number of rotatable bonds is 5. The molecule has 1 fully saturated rings. The van der Waals surface area contributed by atoms with Crippen molar-refractivity contribution in [2.45, 2.75) is 0 Å². The molecular formula is C26H24N4O4. The molecule has 0 aliphatic carbocycles. The zero-order valence-electron chi connectivity index (χ0n) is 18.8. The van der Waals surface area contributed by atoms with E-state index in [-0.39, 0.29) is 12.5 Å². The molecule has 0 spiro atoms. The van der Waals surface area contributed by atoms with Crippen LogP contribution in [0.25, 0.3) is 11.1 Å². The highest BCUT2D eigenvalue weighted by Gasteiger charge is 2.19. The molecule has 0 radical (unpaired) electrons. The van der Waals surface area contributed by atoms with E-state index in [2.05, 4.69) is 27.1 Å². The molecule has 4 rings (SSSR count). The number of hydrogen-bond acceptors (Lipinski definition) is 7. The fourth-order valence-electron chi connectivity index (χ4n) is 3.59. The fourth-order valence-corrected chi connectivity index (χ4v) is 3.59. The van der Waals surface area contributed by atoms with Crippen LogP contribution in [0.3, 0.4) is 0 Å². The number of benzene rings is 1. The smallest absolute Gasteiger partial charge is 0.338 e. The number of pyridine rings is 2. The largest absolute Gasteiger partial charge is 0.465 e. The number of ether oxygens (including phenoxy) is 2. The van der Waals surface area contributed by atoms with Gasteiger partial charge >= 0.3 is 5.97 Å². The first kappa shape index (κ1) is 23.1. The molecule has 1 N–H and O–H groups in total. The number of nitrogens with one attached hydrogen (secondary N) is 1. The molecule has 1 aromatic carbocycles. The lowest BCUT2D eigenvalue weighted by Crippen LogP contribution is -2.41. The van der Waals surface area contributed by atoms with Gasteiger partial charge in [-0.1, -0.05) is 17.9 Å². The summed E-state index contributed by atoms with van der Waals surface area (Å²) in [6, 6.07) is 10.7. The molecule has 8 nitrogen and oxygen atoms in total. The average Bonchev–Trinajstić information content (AvgIpc) is 2.88. The second-order valence-corrected chi connectivity index (χ2v) is 7.60. The van der Waals surface area contributed by atoms with Gasteiger partial charge in [-0.05, 0) is 30.3 Å². The normalized spacial score (nSPS) is 13.4. The Hall–Kier alpha value is -4.06. The lowest BCUT2D eigenvalue weighted by Gasteiger charge is -2.26. The Bertz CT molecular complexity index is 1230. The third-order valence-electron chi connectivity index (χ3n) is 5.29. The topological polar surface area (TPSA) is 93.7 Å². The van der Waals surface area contributed by atoms with Crippen LogP contribution in [0.4, 0.5) is 5.69 Å². The van der Waals surface area contributed by atoms with E-state index >= 15 is 0 Å². The second kappa shape index (κ2) is 11.2. The van der Waals surface area contributed by atoms with Gasteiger partial charge in [-0.2, -0.15) is 0 Å². The van der Waals surface area contributed by atoms with Gasteiger partial charge in [-0.25, -0.2) is 4.79 Å². The maximum atomic E-state index is 12.9. The first-order chi connectivity index (χ1) is 16.6. The Morgan fingerprint density at radius 1 is 1.03 bits per heavy atom. The maximum absolute atomic E-state index is 12.9. The van der Waals surface area contributed by atoms with Crippen LogP contribution in [0.5, 0.6) is 0 Å². The summed E-state index contributed by atoms with van der Waals surface area (Å²) >= 11 is 0. The minimum Gasteiger partial charge on any atom is -0.465 e. The van der Waals surface area contributed by atoms with E-state index in [0.29, 0.717) is 54.2 Å². The van der Waals surface area contributed by atoms with Crippen LogP contribution in [0, 0.1) is 11.8 Å². The lowest BCUT2D eigenvalue weighted by atomic mass is 9.98. The summed E-state index contributed by atoms with van der Waals surface area (Å²) in [5.41, 5.74) is 3.59. The van der Waals surface area contributed by atoms with E-state index in [1.165, 1.54) is 13.3 Å². The molecule has 0 unspecified atom stereocenters. The van der Waals surface area contributed by atoms with Crippen LogP contribution in [0.2, 0.25) is 0 Å². The molecule has 2 aromatic heterocycles. The monoisotopic (exact) mass is 456 g/mol. The molecule has 34 heavy (non-hydrogen) atoms. The van der Waals surface area contributed by atoms with Gasteiger partial charge in [0.2, 0.25) is 5.91 Å². The number of hydrogen-bond donors (Lipinski definition) is 1. The standard InChI is InChI=1S/C26H24N4O4/c1-33-26(32)22-8-10-28-17-23(22)21-7-6-19(4-5-20-3-2-9-27-16-20)15-24(21)29-25(31)18-30-11-13-34-14-12-30/h2-3,6-10,15-17H,11-14,18H2,1H3,(H,29,31). The van der Waals surface area contributed by atoms with Gasteiger partial charge in [0.1, 0.15) is 0 Å². The van der Waals surface area contributed by atoms with Crippen LogP contribution in [0.1, 0.15) is 21.5 Å². The fraction of sp³-hybridized carbons (Fsp3) is 0.231. The Balaban J connectivity index is 1.68.